The van der Waals surface area contributed by atoms with Gasteiger partial charge in [-0.25, -0.2) is 4.98 Å². The van der Waals surface area contributed by atoms with E-state index in [4.69, 9.17) is 4.98 Å². The van der Waals surface area contributed by atoms with E-state index in [1.54, 1.807) is 34.4 Å². The molecule has 3 heterocycles. The minimum atomic E-state index is 0.390. The second-order valence-corrected chi connectivity index (χ2v) is 12.7. The molecular formula is C28H32N2S3. The zero-order valence-electron chi connectivity index (χ0n) is 20.0. The zero-order valence-corrected chi connectivity index (χ0v) is 22.4. The van der Waals surface area contributed by atoms with Crippen LogP contribution in [-0.4, -0.2) is 10.7 Å². The Labute approximate surface area is 210 Å². The van der Waals surface area contributed by atoms with E-state index in [0.29, 0.717) is 11.3 Å². The molecule has 33 heavy (non-hydrogen) atoms. The maximum atomic E-state index is 10.2. The van der Waals surface area contributed by atoms with Gasteiger partial charge in [-0.05, 0) is 82.9 Å². The molecule has 3 aromatic heterocycles. The van der Waals surface area contributed by atoms with Crippen LogP contribution in [0.15, 0.2) is 40.1 Å². The van der Waals surface area contributed by atoms with Crippen molar-refractivity contribution in [1.82, 2.24) is 4.98 Å². The molecule has 1 aliphatic rings. The van der Waals surface area contributed by atoms with Crippen LogP contribution in [0.3, 0.4) is 0 Å². The van der Waals surface area contributed by atoms with Crippen LogP contribution in [0.25, 0.3) is 22.1 Å². The van der Waals surface area contributed by atoms with Crippen LogP contribution in [0.5, 0.6) is 0 Å². The van der Waals surface area contributed by atoms with Gasteiger partial charge in [-0.2, -0.15) is 5.26 Å². The van der Waals surface area contributed by atoms with E-state index in [-0.39, 0.29) is 0 Å². The van der Waals surface area contributed by atoms with Crippen LogP contribution in [-0.2, 0) is 6.42 Å². The number of hydrogen-bond acceptors (Lipinski definition) is 5. The molecule has 172 valence electrons. The quantitative estimate of drug-likeness (QED) is 0.279. The van der Waals surface area contributed by atoms with Crippen LogP contribution >= 0.6 is 34.4 Å². The molecule has 0 N–H and O–H groups in total. The lowest BCUT2D eigenvalue weighted by Crippen LogP contribution is -2.14. The number of nitrogens with zero attached hydrogens (tertiary/aromatic N) is 2. The Balaban J connectivity index is 1.66. The largest absolute Gasteiger partial charge is 0.240 e. The number of thioether (sulfide) groups is 1. The molecule has 0 fully saturated rings. The number of allylic oxidation sites excluding steroid dienone is 1. The number of aromatic nitrogens is 1. The molecule has 0 aliphatic heterocycles. The normalized spacial score (nSPS) is 15.5. The Hall–Kier alpha value is -1.87. The summed E-state index contributed by atoms with van der Waals surface area (Å²) in [6.45, 7) is 9.36. The zero-order chi connectivity index (χ0) is 23.4. The number of nitriles is 1. The number of pyridine rings is 1. The molecule has 0 radical (unpaired) electrons. The lowest BCUT2D eigenvalue weighted by Gasteiger charge is -2.26. The van der Waals surface area contributed by atoms with Crippen molar-refractivity contribution >= 4 is 46.1 Å². The topological polar surface area (TPSA) is 36.7 Å². The first-order valence-corrected chi connectivity index (χ1v) is 14.5. The predicted molar refractivity (Wildman–Crippen MR) is 146 cm³/mol. The van der Waals surface area contributed by atoms with Crippen molar-refractivity contribution in [3.63, 3.8) is 0 Å². The highest BCUT2D eigenvalue weighted by molar-refractivity contribution is 7.99. The lowest BCUT2D eigenvalue weighted by atomic mass is 9.80. The smallest absolute Gasteiger partial charge is 0.115 e. The van der Waals surface area contributed by atoms with E-state index in [1.165, 1.54) is 33.7 Å². The molecule has 0 saturated heterocycles. The van der Waals surface area contributed by atoms with Gasteiger partial charge in [0.1, 0.15) is 11.1 Å². The van der Waals surface area contributed by atoms with Gasteiger partial charge in [-0.15, -0.1) is 34.4 Å². The highest BCUT2D eigenvalue weighted by Gasteiger charge is 2.28. The second kappa shape index (κ2) is 10.6. The van der Waals surface area contributed by atoms with Crippen molar-refractivity contribution in [3.05, 3.63) is 56.7 Å². The van der Waals surface area contributed by atoms with Gasteiger partial charge in [0.25, 0.3) is 0 Å². The minimum absolute atomic E-state index is 0.390. The van der Waals surface area contributed by atoms with E-state index >= 15 is 0 Å². The van der Waals surface area contributed by atoms with Gasteiger partial charge in [0.2, 0.25) is 0 Å². The standard InChI is InChI=1S/C28H32N2S3/c1-5-28(3,4)17-19(2)12-15-33-27-23(18-29)25(24-9-7-14-32-24)22-11-10-20(26(22)30-27)16-21-8-6-13-31-21/h6-9,13-14,16,19H,5,10-12,15,17H2,1-4H3/b20-16-. The molecule has 1 unspecified atom stereocenters. The van der Waals surface area contributed by atoms with E-state index < -0.39 is 0 Å². The van der Waals surface area contributed by atoms with Crippen LogP contribution < -0.4 is 0 Å². The van der Waals surface area contributed by atoms with Gasteiger partial charge in [-0.3, -0.25) is 0 Å². The molecule has 0 spiro atoms. The Kier molecular flexibility index (Phi) is 7.79. The summed E-state index contributed by atoms with van der Waals surface area (Å²) in [5.74, 6) is 1.66. The average Bonchev–Trinajstić information content (AvgIpc) is 3.56. The molecule has 1 atom stereocenters. The Morgan fingerprint density at radius 2 is 2.00 bits per heavy atom. The van der Waals surface area contributed by atoms with E-state index in [2.05, 4.69) is 74.9 Å². The highest BCUT2D eigenvalue weighted by atomic mass is 32.2. The summed E-state index contributed by atoms with van der Waals surface area (Å²) < 4.78 is 0. The molecule has 4 rings (SSSR count). The first-order valence-electron chi connectivity index (χ1n) is 11.8. The summed E-state index contributed by atoms with van der Waals surface area (Å²) >= 11 is 5.25. The van der Waals surface area contributed by atoms with Crippen molar-refractivity contribution in [2.75, 3.05) is 5.75 Å². The van der Waals surface area contributed by atoms with E-state index in [9.17, 15) is 5.26 Å². The molecular weight excluding hydrogens is 461 g/mol. The predicted octanol–water partition coefficient (Wildman–Crippen LogP) is 9.17. The monoisotopic (exact) mass is 492 g/mol. The summed E-state index contributed by atoms with van der Waals surface area (Å²) in [5.41, 5.74) is 5.93. The van der Waals surface area contributed by atoms with Crippen molar-refractivity contribution in [2.45, 2.75) is 64.8 Å². The molecule has 0 bridgehead atoms. The van der Waals surface area contributed by atoms with Crippen LogP contribution in [0, 0.1) is 22.7 Å². The van der Waals surface area contributed by atoms with Gasteiger partial charge in [0.05, 0.1) is 11.3 Å². The summed E-state index contributed by atoms with van der Waals surface area (Å²) in [7, 11) is 0. The average molecular weight is 493 g/mol. The van der Waals surface area contributed by atoms with Gasteiger partial charge in [0, 0.05) is 15.3 Å². The fourth-order valence-corrected chi connectivity index (χ4v) is 7.27. The summed E-state index contributed by atoms with van der Waals surface area (Å²) in [4.78, 5) is 7.58. The number of fused-ring (bicyclic) bond motifs is 1. The van der Waals surface area contributed by atoms with Gasteiger partial charge >= 0.3 is 0 Å². The maximum absolute atomic E-state index is 10.2. The molecule has 0 aromatic carbocycles. The van der Waals surface area contributed by atoms with Crippen LogP contribution in [0.1, 0.15) is 75.1 Å². The van der Waals surface area contributed by atoms with Crippen molar-refractivity contribution in [3.8, 4) is 16.5 Å². The summed E-state index contributed by atoms with van der Waals surface area (Å²) in [5, 5.41) is 15.3. The second-order valence-electron chi connectivity index (χ2n) is 9.73. The maximum Gasteiger partial charge on any atom is 0.115 e. The van der Waals surface area contributed by atoms with E-state index in [1.807, 2.05) is 0 Å². The van der Waals surface area contributed by atoms with E-state index in [0.717, 1.165) is 46.9 Å². The first-order chi connectivity index (χ1) is 15.9. The van der Waals surface area contributed by atoms with Crippen molar-refractivity contribution in [2.24, 2.45) is 11.3 Å². The Bertz CT molecular complexity index is 1150. The first kappa shape index (κ1) is 24.3. The van der Waals surface area contributed by atoms with Crippen molar-refractivity contribution < 1.29 is 0 Å². The number of thiophene rings is 2. The summed E-state index contributed by atoms with van der Waals surface area (Å²) in [6, 6.07) is 11.0. The minimum Gasteiger partial charge on any atom is -0.240 e. The molecule has 0 amide bonds. The fraction of sp³-hybridized carbons (Fsp3) is 0.429. The fourth-order valence-electron chi connectivity index (χ4n) is 4.62. The number of rotatable bonds is 9. The molecule has 0 saturated carbocycles. The highest BCUT2D eigenvalue weighted by Crippen LogP contribution is 2.44. The van der Waals surface area contributed by atoms with Gasteiger partial charge in [0.15, 0.2) is 0 Å². The van der Waals surface area contributed by atoms with Crippen molar-refractivity contribution in [1.29, 1.82) is 5.26 Å². The summed E-state index contributed by atoms with van der Waals surface area (Å²) in [6.07, 6.45) is 7.82. The lowest BCUT2D eigenvalue weighted by molar-refractivity contribution is 0.264. The van der Waals surface area contributed by atoms with Crippen LogP contribution in [0.2, 0.25) is 0 Å². The molecule has 5 heteroatoms. The third-order valence-electron chi connectivity index (χ3n) is 6.66. The Morgan fingerprint density at radius 1 is 1.21 bits per heavy atom. The molecule has 3 aromatic rings. The SMILES string of the molecule is CCC(C)(C)CC(C)CCSc1nc2c(c(-c3cccs3)c1C#N)CC/C2=C/c1cccs1. The third kappa shape index (κ3) is 5.62. The molecule has 2 nitrogen and oxygen atoms in total. The van der Waals surface area contributed by atoms with Gasteiger partial charge in [-0.1, -0.05) is 46.2 Å². The number of hydrogen-bond donors (Lipinski definition) is 0. The van der Waals surface area contributed by atoms with Gasteiger partial charge < -0.3 is 0 Å². The third-order valence-corrected chi connectivity index (χ3v) is 9.38. The molecule has 1 aliphatic carbocycles. The van der Waals surface area contributed by atoms with Crippen LogP contribution in [0.4, 0.5) is 0 Å². The Morgan fingerprint density at radius 3 is 2.67 bits per heavy atom.